The van der Waals surface area contributed by atoms with Crippen molar-refractivity contribution in [3.63, 3.8) is 0 Å². The van der Waals surface area contributed by atoms with Gasteiger partial charge in [0.05, 0.1) is 0 Å². The highest BCUT2D eigenvalue weighted by Crippen LogP contribution is 2.54. The van der Waals surface area contributed by atoms with E-state index in [4.69, 9.17) is 0 Å². The second-order valence-corrected chi connectivity index (χ2v) is 7.99. The summed E-state index contributed by atoms with van der Waals surface area (Å²) in [5.41, 5.74) is 1.83. The molecule has 0 aromatic heterocycles. The molecule has 0 heterocycles. The second-order valence-electron chi connectivity index (χ2n) is 7.99. The first-order valence-electron chi connectivity index (χ1n) is 9.28. The monoisotopic (exact) mass is 302 g/mol. The summed E-state index contributed by atoms with van der Waals surface area (Å²) in [6, 6.07) is 7.90. The van der Waals surface area contributed by atoms with Crippen LogP contribution < -0.4 is 0 Å². The third-order valence-corrected chi connectivity index (χ3v) is 6.13. The van der Waals surface area contributed by atoms with Crippen molar-refractivity contribution in [1.29, 1.82) is 0 Å². The van der Waals surface area contributed by atoms with Crippen LogP contribution in [0, 0.1) is 10.8 Å². The Kier molecular flexibility index (Phi) is 5.94. The topological polar surface area (TPSA) is 20.2 Å². The summed E-state index contributed by atoms with van der Waals surface area (Å²) >= 11 is 0. The fraction of sp³-hybridized carbons (Fsp3) is 0.714. The maximum Gasteiger partial charge on any atom is 0.118 e. The highest BCUT2D eigenvalue weighted by Gasteiger charge is 2.44. The molecule has 0 spiro atoms. The minimum atomic E-state index is 0.250. The quantitative estimate of drug-likeness (QED) is 0.570. The Bertz CT molecular complexity index is 455. The molecule has 1 aromatic carbocycles. The molecular weight excluding hydrogens is 268 g/mol. The molecule has 1 nitrogen and oxygen atoms in total. The molecule has 0 aliphatic heterocycles. The van der Waals surface area contributed by atoms with Gasteiger partial charge in [0, 0.05) is 0 Å². The number of aromatic hydroxyl groups is 1. The number of benzene rings is 1. The van der Waals surface area contributed by atoms with Crippen LogP contribution in [0.5, 0.6) is 5.75 Å². The van der Waals surface area contributed by atoms with E-state index in [-0.39, 0.29) is 5.41 Å². The fourth-order valence-corrected chi connectivity index (χ4v) is 4.53. The van der Waals surface area contributed by atoms with Crippen molar-refractivity contribution in [2.75, 3.05) is 0 Å². The molecule has 0 atom stereocenters. The zero-order chi connectivity index (χ0) is 16.1. The zero-order valence-electron chi connectivity index (χ0n) is 14.8. The van der Waals surface area contributed by atoms with Crippen molar-refractivity contribution in [2.45, 2.75) is 85.0 Å². The molecule has 1 fully saturated rings. The van der Waals surface area contributed by atoms with Gasteiger partial charge in [0.15, 0.2) is 0 Å². The molecule has 0 unspecified atom stereocenters. The van der Waals surface area contributed by atoms with Crippen LogP contribution in [0.25, 0.3) is 0 Å². The summed E-state index contributed by atoms with van der Waals surface area (Å²) < 4.78 is 0. The van der Waals surface area contributed by atoms with E-state index < -0.39 is 0 Å². The second kappa shape index (κ2) is 7.53. The van der Waals surface area contributed by atoms with E-state index in [1.165, 1.54) is 57.8 Å². The third-order valence-electron chi connectivity index (χ3n) is 6.13. The van der Waals surface area contributed by atoms with Gasteiger partial charge in [-0.3, -0.25) is 0 Å². The maximum atomic E-state index is 10.2. The van der Waals surface area contributed by atoms with E-state index in [1.807, 2.05) is 12.1 Å². The standard InChI is InChI=1S/C21H34O/c1-4-5-9-14-21(15-10-6-11-16-21)20(2,3)17-18-12-7-8-13-19(18)22/h7-8,12-13,22H,4-6,9-11,14-17H2,1-3H3. The van der Waals surface area contributed by atoms with Gasteiger partial charge in [-0.05, 0) is 48.1 Å². The summed E-state index contributed by atoms with van der Waals surface area (Å²) in [4.78, 5) is 0. The first-order valence-corrected chi connectivity index (χ1v) is 9.28. The Morgan fingerprint density at radius 1 is 1.05 bits per heavy atom. The van der Waals surface area contributed by atoms with Gasteiger partial charge in [0.25, 0.3) is 0 Å². The number of para-hydroxylation sites is 1. The normalized spacial score (nSPS) is 18.3. The van der Waals surface area contributed by atoms with Gasteiger partial charge < -0.3 is 5.11 Å². The van der Waals surface area contributed by atoms with Gasteiger partial charge in [-0.25, -0.2) is 0 Å². The lowest BCUT2D eigenvalue weighted by molar-refractivity contribution is 0.0124. The minimum Gasteiger partial charge on any atom is -0.508 e. The molecule has 1 heteroatoms. The van der Waals surface area contributed by atoms with Crippen LogP contribution in [0.1, 0.15) is 84.1 Å². The average Bonchev–Trinajstić information content (AvgIpc) is 2.50. The molecule has 1 aliphatic rings. The molecule has 1 aliphatic carbocycles. The van der Waals surface area contributed by atoms with Crippen molar-refractivity contribution >= 4 is 0 Å². The zero-order valence-corrected chi connectivity index (χ0v) is 14.8. The van der Waals surface area contributed by atoms with Gasteiger partial charge >= 0.3 is 0 Å². The predicted octanol–water partition coefficient (Wildman–Crippen LogP) is 6.49. The molecule has 1 saturated carbocycles. The molecule has 0 saturated heterocycles. The molecule has 2 rings (SSSR count). The van der Waals surface area contributed by atoms with E-state index >= 15 is 0 Å². The third kappa shape index (κ3) is 3.86. The van der Waals surface area contributed by atoms with Gasteiger partial charge in [0.1, 0.15) is 5.75 Å². The molecule has 22 heavy (non-hydrogen) atoms. The Hall–Kier alpha value is -0.980. The van der Waals surface area contributed by atoms with E-state index in [1.54, 1.807) is 0 Å². The SMILES string of the molecule is CCCCCC1(C(C)(C)Cc2ccccc2O)CCCCC1. The highest BCUT2D eigenvalue weighted by molar-refractivity contribution is 5.33. The number of phenolic OH excluding ortho intramolecular Hbond substituents is 1. The largest absolute Gasteiger partial charge is 0.508 e. The molecular formula is C21H34O. The smallest absolute Gasteiger partial charge is 0.118 e. The van der Waals surface area contributed by atoms with Crippen molar-refractivity contribution < 1.29 is 5.11 Å². The van der Waals surface area contributed by atoms with Gasteiger partial charge in [-0.1, -0.05) is 77.5 Å². The number of hydrogen-bond acceptors (Lipinski definition) is 1. The van der Waals surface area contributed by atoms with E-state index in [2.05, 4.69) is 32.9 Å². The summed E-state index contributed by atoms with van der Waals surface area (Å²) in [5.74, 6) is 0.468. The van der Waals surface area contributed by atoms with Gasteiger partial charge in [0.2, 0.25) is 0 Å². The summed E-state index contributed by atoms with van der Waals surface area (Å²) in [6.07, 6.45) is 13.3. The van der Waals surface area contributed by atoms with Crippen LogP contribution in [-0.2, 0) is 6.42 Å². The minimum absolute atomic E-state index is 0.250. The highest BCUT2D eigenvalue weighted by atomic mass is 16.3. The molecule has 1 N–H and O–H groups in total. The number of phenols is 1. The van der Waals surface area contributed by atoms with Crippen molar-refractivity contribution in [3.8, 4) is 5.75 Å². The number of unbranched alkanes of at least 4 members (excludes halogenated alkanes) is 2. The maximum absolute atomic E-state index is 10.2. The van der Waals surface area contributed by atoms with Crippen LogP contribution in [0.3, 0.4) is 0 Å². The van der Waals surface area contributed by atoms with Crippen molar-refractivity contribution in [2.24, 2.45) is 10.8 Å². The Labute approximate surface area is 137 Å². The average molecular weight is 303 g/mol. The fourth-order valence-electron chi connectivity index (χ4n) is 4.53. The first kappa shape index (κ1) is 17.4. The van der Waals surface area contributed by atoms with Gasteiger partial charge in [-0.2, -0.15) is 0 Å². The van der Waals surface area contributed by atoms with Crippen LogP contribution >= 0.6 is 0 Å². The van der Waals surface area contributed by atoms with Crippen molar-refractivity contribution in [3.05, 3.63) is 29.8 Å². The lowest BCUT2D eigenvalue weighted by Gasteiger charge is -2.50. The molecule has 1 aromatic rings. The summed E-state index contributed by atoms with van der Waals surface area (Å²) in [5, 5.41) is 10.2. The number of rotatable bonds is 7. The van der Waals surface area contributed by atoms with Crippen LogP contribution in [0.4, 0.5) is 0 Å². The Morgan fingerprint density at radius 3 is 2.36 bits per heavy atom. The summed E-state index contributed by atoms with van der Waals surface area (Å²) in [6.45, 7) is 7.17. The van der Waals surface area contributed by atoms with E-state index in [0.717, 1.165) is 12.0 Å². The van der Waals surface area contributed by atoms with Crippen molar-refractivity contribution in [1.82, 2.24) is 0 Å². The Balaban J connectivity index is 2.18. The predicted molar refractivity (Wildman–Crippen MR) is 95.3 cm³/mol. The molecule has 124 valence electrons. The lowest BCUT2D eigenvalue weighted by atomic mass is 9.55. The molecule has 0 amide bonds. The van der Waals surface area contributed by atoms with Crippen LogP contribution in [-0.4, -0.2) is 5.11 Å². The molecule has 0 bridgehead atoms. The van der Waals surface area contributed by atoms with E-state index in [0.29, 0.717) is 11.2 Å². The van der Waals surface area contributed by atoms with Gasteiger partial charge in [-0.15, -0.1) is 0 Å². The number of hydrogen-bond donors (Lipinski definition) is 1. The first-order chi connectivity index (χ1) is 10.5. The van der Waals surface area contributed by atoms with Crippen LogP contribution in [0.2, 0.25) is 0 Å². The van der Waals surface area contributed by atoms with Crippen LogP contribution in [0.15, 0.2) is 24.3 Å². The lowest BCUT2D eigenvalue weighted by Crippen LogP contribution is -2.41. The summed E-state index contributed by atoms with van der Waals surface area (Å²) in [7, 11) is 0. The Morgan fingerprint density at radius 2 is 1.73 bits per heavy atom. The van der Waals surface area contributed by atoms with E-state index in [9.17, 15) is 5.11 Å². The molecule has 0 radical (unpaired) electrons.